The summed E-state index contributed by atoms with van der Waals surface area (Å²) >= 11 is 0. The normalized spacial score (nSPS) is 22.7. The Balaban J connectivity index is 1.36. The van der Waals surface area contributed by atoms with E-state index in [1.54, 1.807) is 0 Å². The molecule has 31 heavy (non-hydrogen) atoms. The van der Waals surface area contributed by atoms with Crippen LogP contribution < -0.4 is 27.1 Å². The van der Waals surface area contributed by atoms with Crippen molar-refractivity contribution in [2.24, 2.45) is 5.92 Å². The minimum atomic E-state index is -0.396. The summed E-state index contributed by atoms with van der Waals surface area (Å²) in [7, 11) is 0. The quantitative estimate of drug-likeness (QED) is 0.528. The fourth-order valence-electron chi connectivity index (χ4n) is 4.07. The Morgan fingerprint density at radius 3 is 2.90 bits per heavy atom. The first-order chi connectivity index (χ1) is 15.0. The lowest BCUT2D eigenvalue weighted by Gasteiger charge is -2.42. The smallest absolute Gasteiger partial charge is 0.317 e. The number of carbonyl (C=O) groups is 2. The van der Waals surface area contributed by atoms with Crippen molar-refractivity contribution in [1.29, 1.82) is 0 Å². The van der Waals surface area contributed by atoms with Crippen molar-refractivity contribution in [3.63, 3.8) is 0 Å². The molecule has 0 radical (unpaired) electrons. The van der Waals surface area contributed by atoms with Gasteiger partial charge >= 0.3 is 6.03 Å². The lowest BCUT2D eigenvalue weighted by molar-refractivity contribution is -0.121. The first kappa shape index (κ1) is 20.9. The Kier molecular flexibility index (Phi) is 6.17. The van der Waals surface area contributed by atoms with Gasteiger partial charge in [-0.25, -0.2) is 9.48 Å². The minimum absolute atomic E-state index is 0.0605. The topological polar surface area (TPSA) is 134 Å². The van der Waals surface area contributed by atoms with Crippen molar-refractivity contribution in [3.05, 3.63) is 68.2 Å². The molecule has 1 aromatic carbocycles. The van der Waals surface area contributed by atoms with Crippen LogP contribution in [0.25, 0.3) is 0 Å². The first-order valence-corrected chi connectivity index (χ1v) is 10.3. The number of H-pyrrole nitrogens is 1. The molecule has 2 aromatic rings. The summed E-state index contributed by atoms with van der Waals surface area (Å²) in [5.41, 5.74) is 1.11. The van der Waals surface area contributed by atoms with Gasteiger partial charge in [-0.1, -0.05) is 24.3 Å². The molecule has 0 bridgehead atoms. The summed E-state index contributed by atoms with van der Waals surface area (Å²) in [6, 6.07) is 9.66. The average molecular weight is 427 g/mol. The van der Waals surface area contributed by atoms with Gasteiger partial charge in [-0.3, -0.25) is 19.5 Å². The van der Waals surface area contributed by atoms with E-state index in [2.05, 4.69) is 21.0 Å². The molecule has 4 rings (SSSR count). The molecular formula is C21H25N5O5. The number of benzene rings is 1. The Labute approximate surface area is 178 Å². The maximum atomic E-state index is 12.2. The van der Waals surface area contributed by atoms with Gasteiger partial charge in [-0.2, -0.15) is 0 Å². The van der Waals surface area contributed by atoms with Crippen LogP contribution in [-0.2, 0) is 22.6 Å². The highest BCUT2D eigenvalue weighted by molar-refractivity contribution is 5.76. The second-order valence-electron chi connectivity index (χ2n) is 7.76. The molecule has 1 aromatic heterocycles. The molecule has 3 heterocycles. The van der Waals surface area contributed by atoms with E-state index >= 15 is 0 Å². The van der Waals surface area contributed by atoms with Crippen LogP contribution in [0.15, 0.2) is 46.0 Å². The lowest BCUT2D eigenvalue weighted by Crippen LogP contribution is -2.58. The number of rotatable bonds is 6. The summed E-state index contributed by atoms with van der Waals surface area (Å²) in [5, 5.41) is 11.0. The predicted molar refractivity (Wildman–Crippen MR) is 111 cm³/mol. The number of urea groups is 1. The molecule has 10 nitrogen and oxygen atoms in total. The van der Waals surface area contributed by atoms with E-state index in [0.29, 0.717) is 13.2 Å². The number of fused-ring (bicyclic) bond motifs is 1. The number of hydrogen-bond donors (Lipinski definition) is 4. The van der Waals surface area contributed by atoms with Gasteiger partial charge in [-0.05, 0) is 24.0 Å². The number of aromatic amines is 1. The van der Waals surface area contributed by atoms with Gasteiger partial charge in [0.1, 0.15) is 6.23 Å². The van der Waals surface area contributed by atoms with Crippen LogP contribution in [0.3, 0.4) is 0 Å². The average Bonchev–Trinajstić information content (AvgIpc) is 2.78. The van der Waals surface area contributed by atoms with Crippen LogP contribution in [0.5, 0.6) is 0 Å². The van der Waals surface area contributed by atoms with Gasteiger partial charge in [0.2, 0.25) is 5.91 Å². The van der Waals surface area contributed by atoms with E-state index < -0.39 is 5.56 Å². The van der Waals surface area contributed by atoms with Crippen molar-refractivity contribution in [3.8, 4) is 0 Å². The highest BCUT2D eigenvalue weighted by atomic mass is 16.5. The van der Waals surface area contributed by atoms with Crippen LogP contribution in [0.2, 0.25) is 0 Å². The third-order valence-corrected chi connectivity index (χ3v) is 5.61. The van der Waals surface area contributed by atoms with Crippen molar-refractivity contribution < 1.29 is 14.3 Å². The second-order valence-corrected chi connectivity index (χ2v) is 7.76. The van der Waals surface area contributed by atoms with E-state index in [9.17, 15) is 19.2 Å². The zero-order valence-corrected chi connectivity index (χ0v) is 16.9. The van der Waals surface area contributed by atoms with Gasteiger partial charge in [-0.15, -0.1) is 0 Å². The predicted octanol–water partition coefficient (Wildman–Crippen LogP) is 0.350. The monoisotopic (exact) mass is 427 g/mol. The van der Waals surface area contributed by atoms with Crippen LogP contribution in [-0.4, -0.2) is 34.6 Å². The molecule has 0 aliphatic carbocycles. The number of hydrogen-bond acceptors (Lipinski definition) is 5. The van der Waals surface area contributed by atoms with E-state index in [-0.39, 0.29) is 48.7 Å². The molecule has 164 valence electrons. The SMILES string of the molecule is O=C(CCn1[nH]c(=O)ccc1=O)NCc1cccc([C@@H]2NC(=O)N[C@H]3OCCC[C@H]32)c1. The van der Waals surface area contributed by atoms with Crippen molar-refractivity contribution in [2.45, 2.75) is 44.6 Å². The van der Waals surface area contributed by atoms with E-state index in [4.69, 9.17) is 4.74 Å². The molecule has 2 aliphatic heterocycles. The van der Waals surface area contributed by atoms with Crippen molar-refractivity contribution in [1.82, 2.24) is 25.7 Å². The van der Waals surface area contributed by atoms with E-state index in [1.807, 2.05) is 24.3 Å². The maximum Gasteiger partial charge on any atom is 0.317 e. The third-order valence-electron chi connectivity index (χ3n) is 5.61. The standard InChI is InChI=1S/C21H25N5O5/c27-16(8-9-26-18(29)7-6-17(28)25-26)22-12-13-3-1-4-14(11-13)19-15-5-2-10-31-20(15)24-21(30)23-19/h1,3-4,6-7,11,15,19-20H,2,5,8-10,12H2,(H,22,27)(H,25,28)(H2,23,24,30)/t15-,19-,20-/m0/s1. The van der Waals surface area contributed by atoms with Gasteiger partial charge < -0.3 is 20.7 Å². The van der Waals surface area contributed by atoms with E-state index in [0.717, 1.165) is 34.7 Å². The van der Waals surface area contributed by atoms with Gasteiger partial charge in [0.25, 0.3) is 11.1 Å². The lowest BCUT2D eigenvalue weighted by atomic mass is 9.85. The fourth-order valence-corrected chi connectivity index (χ4v) is 4.07. The number of aromatic nitrogens is 2. The van der Waals surface area contributed by atoms with Gasteiger partial charge in [0, 0.05) is 37.6 Å². The number of amides is 3. The summed E-state index contributed by atoms with van der Waals surface area (Å²) < 4.78 is 6.83. The van der Waals surface area contributed by atoms with E-state index in [1.165, 1.54) is 6.07 Å². The van der Waals surface area contributed by atoms with Gasteiger partial charge in [0.15, 0.2) is 0 Å². The number of carbonyl (C=O) groups excluding carboxylic acids is 2. The summed E-state index contributed by atoms with van der Waals surface area (Å²) in [4.78, 5) is 47.2. The molecule has 0 spiro atoms. The molecule has 3 atom stereocenters. The molecule has 4 N–H and O–H groups in total. The number of nitrogens with zero attached hydrogens (tertiary/aromatic N) is 1. The summed E-state index contributed by atoms with van der Waals surface area (Å²) in [5.74, 6) is -0.0967. The zero-order valence-electron chi connectivity index (χ0n) is 16.9. The van der Waals surface area contributed by atoms with Crippen LogP contribution in [0.1, 0.15) is 36.4 Å². The molecule has 2 aliphatic rings. The first-order valence-electron chi connectivity index (χ1n) is 10.3. The van der Waals surface area contributed by atoms with Crippen LogP contribution in [0, 0.1) is 5.92 Å². The number of aryl methyl sites for hydroxylation is 1. The maximum absolute atomic E-state index is 12.2. The number of nitrogens with one attached hydrogen (secondary N) is 4. The Hall–Kier alpha value is -3.40. The Morgan fingerprint density at radius 2 is 2.03 bits per heavy atom. The highest BCUT2D eigenvalue weighted by Gasteiger charge is 2.39. The number of ether oxygens (including phenoxy) is 1. The van der Waals surface area contributed by atoms with Crippen LogP contribution >= 0.6 is 0 Å². The highest BCUT2D eigenvalue weighted by Crippen LogP contribution is 2.34. The zero-order chi connectivity index (χ0) is 21.8. The van der Waals surface area contributed by atoms with Crippen molar-refractivity contribution in [2.75, 3.05) is 6.61 Å². The molecule has 2 fully saturated rings. The summed E-state index contributed by atoms with van der Waals surface area (Å²) in [6.07, 6.45) is 1.67. The summed E-state index contributed by atoms with van der Waals surface area (Å²) in [6.45, 7) is 1.05. The molecule has 2 saturated heterocycles. The molecular weight excluding hydrogens is 402 g/mol. The van der Waals surface area contributed by atoms with Gasteiger partial charge in [0.05, 0.1) is 12.6 Å². The van der Waals surface area contributed by atoms with Crippen LogP contribution in [0.4, 0.5) is 4.79 Å². The molecule has 10 heteroatoms. The third kappa shape index (κ3) is 5.02. The molecule has 0 unspecified atom stereocenters. The molecule has 3 amide bonds. The van der Waals surface area contributed by atoms with Crippen molar-refractivity contribution >= 4 is 11.9 Å². The Morgan fingerprint density at radius 1 is 1.16 bits per heavy atom. The largest absolute Gasteiger partial charge is 0.358 e. The molecule has 0 saturated carbocycles. The second kappa shape index (κ2) is 9.17. The Bertz CT molecular complexity index is 1080. The minimum Gasteiger partial charge on any atom is -0.358 e. The fraction of sp³-hybridized carbons (Fsp3) is 0.429.